The number of carbonyl (C=O) groups excluding carboxylic acids is 1. The van der Waals surface area contributed by atoms with Crippen LogP contribution in [0.1, 0.15) is 5.56 Å². The van der Waals surface area contributed by atoms with Crippen LogP contribution in [-0.2, 0) is 18.3 Å². The van der Waals surface area contributed by atoms with Crippen LogP contribution in [0.15, 0.2) is 42.6 Å². The molecule has 1 amide bonds. The maximum absolute atomic E-state index is 11.1. The van der Waals surface area contributed by atoms with Crippen molar-refractivity contribution in [2.45, 2.75) is 6.42 Å². The molecular weight excluding hydrogens is 262 g/mol. The van der Waals surface area contributed by atoms with Crippen LogP contribution in [0.5, 0.6) is 0 Å². The Morgan fingerprint density at radius 2 is 1.95 bits per heavy atom. The largest absolute Gasteiger partial charge is 0.314 e. The molecule has 2 heterocycles. The van der Waals surface area contributed by atoms with Crippen LogP contribution >= 0.6 is 0 Å². The lowest BCUT2D eigenvalue weighted by atomic mass is 9.95. The normalized spacial score (nSPS) is 13.7. The van der Waals surface area contributed by atoms with Crippen LogP contribution in [0.25, 0.3) is 22.0 Å². The van der Waals surface area contributed by atoms with Gasteiger partial charge < -0.3 is 4.90 Å². The van der Waals surface area contributed by atoms with Gasteiger partial charge in [-0.3, -0.25) is 9.48 Å². The quantitative estimate of drug-likeness (QED) is 0.676. The highest BCUT2D eigenvalue weighted by atomic mass is 16.1. The summed E-state index contributed by atoms with van der Waals surface area (Å²) in [6.07, 6.45) is 3.73. The van der Waals surface area contributed by atoms with Gasteiger partial charge in [0.25, 0.3) is 0 Å². The van der Waals surface area contributed by atoms with E-state index < -0.39 is 0 Å². The highest BCUT2D eigenvalue weighted by Gasteiger charge is 2.22. The molecule has 0 fully saturated rings. The number of anilines is 1. The number of hydrogen-bond donors (Lipinski definition) is 0. The monoisotopic (exact) mass is 277 g/mol. The molecule has 0 atom stereocenters. The van der Waals surface area contributed by atoms with Gasteiger partial charge in [-0.1, -0.05) is 24.3 Å². The minimum atomic E-state index is 0.763. The Morgan fingerprint density at radius 1 is 1.14 bits per heavy atom. The highest BCUT2D eigenvalue weighted by molar-refractivity contribution is 5.97. The molecule has 0 aliphatic carbocycles. The molecular formula is C17H15N3O. The maximum atomic E-state index is 11.1. The Bertz CT molecular complexity index is 850. The van der Waals surface area contributed by atoms with Gasteiger partial charge in [-0.2, -0.15) is 5.10 Å². The second kappa shape index (κ2) is 4.45. The molecule has 0 N–H and O–H groups in total. The standard InChI is InChI=1S/C17H15N3O/c1-19-16-6-2-5-13(15(16)10-18-19)12-4-3-7-17-14(12)8-9-20(17)11-21/h2-7,10-11H,8-9H2,1H3. The zero-order chi connectivity index (χ0) is 14.4. The summed E-state index contributed by atoms with van der Waals surface area (Å²) in [5.41, 5.74) is 5.79. The third-order valence-corrected chi connectivity index (χ3v) is 4.27. The number of aromatic nitrogens is 2. The lowest BCUT2D eigenvalue weighted by Gasteiger charge is -2.12. The first-order valence-electron chi connectivity index (χ1n) is 7.04. The number of fused-ring (bicyclic) bond motifs is 2. The molecule has 1 aromatic heterocycles. The zero-order valence-corrected chi connectivity index (χ0v) is 11.8. The van der Waals surface area contributed by atoms with Crippen LogP contribution in [0.3, 0.4) is 0 Å². The summed E-state index contributed by atoms with van der Waals surface area (Å²) in [5, 5.41) is 5.51. The summed E-state index contributed by atoms with van der Waals surface area (Å²) in [4.78, 5) is 12.9. The van der Waals surface area contributed by atoms with Gasteiger partial charge in [0.15, 0.2) is 0 Å². The average Bonchev–Trinajstić information content (AvgIpc) is 3.11. The van der Waals surface area contributed by atoms with Crippen molar-refractivity contribution in [3.63, 3.8) is 0 Å². The Balaban J connectivity index is 1.98. The van der Waals surface area contributed by atoms with Crippen LogP contribution in [0.2, 0.25) is 0 Å². The molecule has 0 saturated heterocycles. The number of amides is 1. The second-order valence-electron chi connectivity index (χ2n) is 5.36. The van der Waals surface area contributed by atoms with Gasteiger partial charge in [-0.25, -0.2) is 0 Å². The van der Waals surface area contributed by atoms with Gasteiger partial charge in [-0.05, 0) is 35.2 Å². The summed E-state index contributed by atoms with van der Waals surface area (Å²) in [5.74, 6) is 0. The first-order valence-corrected chi connectivity index (χ1v) is 7.04. The third-order valence-electron chi connectivity index (χ3n) is 4.27. The molecule has 3 aromatic rings. The number of aryl methyl sites for hydroxylation is 1. The molecule has 0 saturated carbocycles. The van der Waals surface area contributed by atoms with Crippen molar-refractivity contribution < 1.29 is 4.79 Å². The van der Waals surface area contributed by atoms with E-state index >= 15 is 0 Å². The highest BCUT2D eigenvalue weighted by Crippen LogP contribution is 2.38. The summed E-state index contributed by atoms with van der Waals surface area (Å²) in [6, 6.07) is 12.4. The first kappa shape index (κ1) is 12.1. The molecule has 0 radical (unpaired) electrons. The summed E-state index contributed by atoms with van der Waals surface area (Å²) < 4.78 is 1.89. The smallest absolute Gasteiger partial charge is 0.214 e. The molecule has 1 aliphatic rings. The molecule has 0 spiro atoms. The molecule has 104 valence electrons. The minimum absolute atomic E-state index is 0.763. The van der Waals surface area contributed by atoms with E-state index in [0.717, 1.165) is 36.0 Å². The third kappa shape index (κ3) is 1.69. The number of carbonyl (C=O) groups is 1. The van der Waals surface area contributed by atoms with Crippen molar-refractivity contribution in [2.24, 2.45) is 7.05 Å². The van der Waals surface area contributed by atoms with Gasteiger partial charge in [0.1, 0.15) is 0 Å². The van der Waals surface area contributed by atoms with Crippen molar-refractivity contribution >= 4 is 23.0 Å². The Morgan fingerprint density at radius 3 is 2.81 bits per heavy atom. The minimum Gasteiger partial charge on any atom is -0.314 e. The molecule has 2 aromatic carbocycles. The Kier molecular flexibility index (Phi) is 2.57. The fourth-order valence-corrected chi connectivity index (χ4v) is 3.23. The fraction of sp³-hybridized carbons (Fsp3) is 0.176. The second-order valence-corrected chi connectivity index (χ2v) is 5.36. The average molecular weight is 277 g/mol. The SMILES string of the molecule is Cn1ncc2c(-c3cccc4c3CCN4C=O)cccc21. The van der Waals surface area contributed by atoms with Crippen molar-refractivity contribution in [1.82, 2.24) is 9.78 Å². The lowest BCUT2D eigenvalue weighted by molar-refractivity contribution is -0.107. The van der Waals surface area contributed by atoms with Crippen molar-refractivity contribution in [3.8, 4) is 11.1 Å². The molecule has 4 rings (SSSR count). The van der Waals surface area contributed by atoms with Crippen LogP contribution < -0.4 is 4.90 Å². The van der Waals surface area contributed by atoms with E-state index in [1.807, 2.05) is 30.1 Å². The van der Waals surface area contributed by atoms with E-state index in [1.165, 1.54) is 16.7 Å². The molecule has 0 bridgehead atoms. The van der Waals surface area contributed by atoms with Gasteiger partial charge in [0, 0.05) is 24.7 Å². The predicted octanol–water partition coefficient (Wildman–Crippen LogP) is 2.76. The van der Waals surface area contributed by atoms with Crippen molar-refractivity contribution in [3.05, 3.63) is 48.2 Å². The topological polar surface area (TPSA) is 38.1 Å². The summed E-state index contributed by atoms with van der Waals surface area (Å²) >= 11 is 0. The fourth-order valence-electron chi connectivity index (χ4n) is 3.23. The van der Waals surface area contributed by atoms with Crippen molar-refractivity contribution in [1.29, 1.82) is 0 Å². The first-order chi connectivity index (χ1) is 10.3. The predicted molar refractivity (Wildman–Crippen MR) is 83.3 cm³/mol. The lowest BCUT2D eigenvalue weighted by Crippen LogP contribution is -2.17. The van der Waals surface area contributed by atoms with E-state index in [2.05, 4.69) is 29.4 Å². The van der Waals surface area contributed by atoms with E-state index in [9.17, 15) is 4.79 Å². The molecule has 0 unspecified atom stereocenters. The molecule has 4 heteroatoms. The number of rotatable bonds is 2. The van der Waals surface area contributed by atoms with Gasteiger partial charge in [0.2, 0.25) is 6.41 Å². The Hall–Kier alpha value is -2.62. The van der Waals surface area contributed by atoms with E-state index in [0.29, 0.717) is 0 Å². The molecule has 21 heavy (non-hydrogen) atoms. The van der Waals surface area contributed by atoms with E-state index in [4.69, 9.17) is 0 Å². The molecule has 4 nitrogen and oxygen atoms in total. The summed E-state index contributed by atoms with van der Waals surface area (Å²) in [7, 11) is 1.95. The van der Waals surface area contributed by atoms with Crippen molar-refractivity contribution in [2.75, 3.05) is 11.4 Å². The summed E-state index contributed by atoms with van der Waals surface area (Å²) in [6.45, 7) is 0.763. The van der Waals surface area contributed by atoms with Crippen LogP contribution in [0, 0.1) is 0 Å². The number of nitrogens with zero attached hydrogens (tertiary/aromatic N) is 3. The molecule has 1 aliphatic heterocycles. The number of benzene rings is 2. The van der Waals surface area contributed by atoms with E-state index in [1.54, 1.807) is 4.90 Å². The maximum Gasteiger partial charge on any atom is 0.214 e. The van der Waals surface area contributed by atoms with Crippen LogP contribution in [-0.4, -0.2) is 22.7 Å². The number of hydrogen-bond acceptors (Lipinski definition) is 2. The van der Waals surface area contributed by atoms with E-state index in [-0.39, 0.29) is 0 Å². The van der Waals surface area contributed by atoms with Gasteiger partial charge in [0.05, 0.1) is 11.7 Å². The Labute approximate surface area is 122 Å². The van der Waals surface area contributed by atoms with Gasteiger partial charge in [-0.15, -0.1) is 0 Å². The zero-order valence-electron chi connectivity index (χ0n) is 11.8. The van der Waals surface area contributed by atoms with Crippen LogP contribution in [0.4, 0.5) is 5.69 Å². The van der Waals surface area contributed by atoms with Gasteiger partial charge >= 0.3 is 0 Å².